The first-order valence-corrected chi connectivity index (χ1v) is 11.3. The van der Waals surface area contributed by atoms with E-state index in [4.69, 9.17) is 10.00 Å². The van der Waals surface area contributed by atoms with Gasteiger partial charge in [-0.1, -0.05) is 19.1 Å². The largest absolute Gasteiger partial charge is 0.484 e. The lowest BCUT2D eigenvalue weighted by molar-refractivity contribution is 0.182. The molecule has 2 aromatic carbocycles. The number of nitrogens with zero attached hydrogens (tertiary/aromatic N) is 4. The Bertz CT molecular complexity index is 1150. The Labute approximate surface area is 191 Å². The SMILES string of the molecule is CCc1cnc(N2C[C@H]3CC(Oc4c(F)cc(-c5ccc(C#N)cc5)cc4F)C[C@H]3C2)nc1. The number of hydrogen-bond acceptors (Lipinski definition) is 5. The number of halogens is 2. The number of nitriles is 1. The molecule has 0 spiro atoms. The van der Waals surface area contributed by atoms with Crippen LogP contribution in [0.4, 0.5) is 14.7 Å². The van der Waals surface area contributed by atoms with E-state index in [2.05, 4.69) is 21.8 Å². The van der Waals surface area contributed by atoms with Gasteiger partial charge in [0.2, 0.25) is 5.95 Å². The molecule has 1 aliphatic heterocycles. The molecule has 0 N–H and O–H groups in total. The average molecular weight is 447 g/mol. The van der Waals surface area contributed by atoms with Crippen molar-refractivity contribution in [2.45, 2.75) is 32.3 Å². The number of aryl methyl sites for hydroxylation is 1. The summed E-state index contributed by atoms with van der Waals surface area (Å²) in [5.74, 6) is -0.195. The van der Waals surface area contributed by atoms with Crippen molar-refractivity contribution < 1.29 is 13.5 Å². The maximum Gasteiger partial charge on any atom is 0.225 e. The van der Waals surface area contributed by atoms with E-state index in [1.165, 1.54) is 12.1 Å². The van der Waals surface area contributed by atoms with Crippen molar-refractivity contribution in [3.8, 4) is 22.9 Å². The summed E-state index contributed by atoms with van der Waals surface area (Å²) in [5.41, 5.74) is 2.66. The number of hydrogen-bond donors (Lipinski definition) is 0. The zero-order chi connectivity index (χ0) is 22.9. The molecule has 1 saturated heterocycles. The van der Waals surface area contributed by atoms with Crippen LogP contribution in [0.3, 0.4) is 0 Å². The molecule has 2 fully saturated rings. The minimum Gasteiger partial charge on any atom is -0.484 e. The molecule has 3 atom stereocenters. The lowest BCUT2D eigenvalue weighted by Crippen LogP contribution is -2.26. The van der Waals surface area contributed by atoms with E-state index in [0.29, 0.717) is 28.5 Å². The van der Waals surface area contributed by atoms with Crippen molar-refractivity contribution in [2.24, 2.45) is 11.8 Å². The van der Waals surface area contributed by atoms with Crippen LogP contribution in [0, 0.1) is 34.8 Å². The Hall–Kier alpha value is -3.53. The standard InChI is InChI=1S/C26H24F2N4O/c1-2-16-12-30-26(31-13-16)32-14-20-7-22(8-21(20)15-32)33-25-23(27)9-19(10-24(25)28)18-5-3-17(11-29)4-6-18/h3-6,9-10,12-13,20-22H,2,7-8,14-15H2,1H3/t20-,21+,22?. The van der Waals surface area contributed by atoms with E-state index in [0.717, 1.165) is 43.9 Å². The molecule has 1 unspecified atom stereocenters. The maximum absolute atomic E-state index is 14.8. The van der Waals surface area contributed by atoms with E-state index < -0.39 is 11.6 Å². The molecule has 5 nitrogen and oxygen atoms in total. The highest BCUT2D eigenvalue weighted by molar-refractivity contribution is 5.65. The van der Waals surface area contributed by atoms with Gasteiger partial charge in [-0.25, -0.2) is 18.7 Å². The van der Waals surface area contributed by atoms with Gasteiger partial charge in [0.05, 0.1) is 17.7 Å². The Balaban J connectivity index is 1.24. The fourth-order valence-corrected chi connectivity index (χ4v) is 4.94. The molecule has 33 heavy (non-hydrogen) atoms. The minimum absolute atomic E-state index is 0.213. The first-order chi connectivity index (χ1) is 16.0. The highest BCUT2D eigenvalue weighted by Gasteiger charge is 2.43. The molecule has 7 heteroatoms. The summed E-state index contributed by atoms with van der Waals surface area (Å²) in [5, 5.41) is 8.92. The van der Waals surface area contributed by atoms with Gasteiger partial charge in [0.25, 0.3) is 0 Å². The molecule has 0 bridgehead atoms. The second kappa shape index (κ2) is 8.78. The zero-order valence-corrected chi connectivity index (χ0v) is 18.3. The van der Waals surface area contributed by atoms with Crippen molar-refractivity contribution in [3.05, 3.63) is 71.6 Å². The number of benzene rings is 2. The van der Waals surface area contributed by atoms with Gasteiger partial charge in [-0.15, -0.1) is 0 Å². The molecule has 1 aliphatic carbocycles. The summed E-state index contributed by atoms with van der Waals surface area (Å²) in [6.07, 6.45) is 5.95. The van der Waals surface area contributed by atoms with Crippen molar-refractivity contribution in [3.63, 3.8) is 0 Å². The normalized spacial score (nSPS) is 21.6. The molecular formula is C26H24F2N4O. The van der Waals surface area contributed by atoms with Gasteiger partial charge in [-0.05, 0) is 72.1 Å². The van der Waals surface area contributed by atoms with Crippen LogP contribution >= 0.6 is 0 Å². The van der Waals surface area contributed by atoms with E-state index in [1.54, 1.807) is 24.3 Å². The molecule has 1 saturated carbocycles. The van der Waals surface area contributed by atoms with Gasteiger partial charge in [0.1, 0.15) is 0 Å². The molecule has 1 aromatic heterocycles. The first-order valence-electron chi connectivity index (χ1n) is 11.3. The van der Waals surface area contributed by atoms with Gasteiger partial charge in [-0.2, -0.15) is 5.26 Å². The third-order valence-corrected chi connectivity index (χ3v) is 6.72. The Morgan fingerprint density at radius 3 is 2.15 bits per heavy atom. The lowest BCUT2D eigenvalue weighted by Gasteiger charge is -2.20. The highest BCUT2D eigenvalue weighted by Crippen LogP contribution is 2.41. The Morgan fingerprint density at radius 1 is 1.00 bits per heavy atom. The van der Waals surface area contributed by atoms with Crippen LogP contribution in [-0.4, -0.2) is 29.2 Å². The van der Waals surface area contributed by atoms with Crippen LogP contribution in [0.15, 0.2) is 48.8 Å². The van der Waals surface area contributed by atoms with E-state index >= 15 is 0 Å². The molecular weight excluding hydrogens is 422 g/mol. The second-order valence-corrected chi connectivity index (χ2v) is 8.84. The number of aromatic nitrogens is 2. The van der Waals surface area contributed by atoms with Gasteiger partial charge in [0, 0.05) is 25.5 Å². The van der Waals surface area contributed by atoms with E-state index in [-0.39, 0.29) is 11.9 Å². The fraction of sp³-hybridized carbons (Fsp3) is 0.346. The molecule has 0 amide bonds. The highest BCUT2D eigenvalue weighted by atomic mass is 19.1. The predicted octanol–water partition coefficient (Wildman–Crippen LogP) is 5.15. The quantitative estimate of drug-likeness (QED) is 0.542. The van der Waals surface area contributed by atoms with Gasteiger partial charge < -0.3 is 9.64 Å². The van der Waals surface area contributed by atoms with Crippen LogP contribution in [0.25, 0.3) is 11.1 Å². The smallest absolute Gasteiger partial charge is 0.225 e. The Morgan fingerprint density at radius 2 is 1.61 bits per heavy atom. The predicted molar refractivity (Wildman–Crippen MR) is 121 cm³/mol. The molecule has 0 radical (unpaired) electrons. The number of ether oxygens (including phenoxy) is 1. The molecule has 5 rings (SSSR count). The first kappa shape index (κ1) is 21.3. The monoisotopic (exact) mass is 446 g/mol. The second-order valence-electron chi connectivity index (χ2n) is 8.84. The summed E-state index contributed by atoms with van der Waals surface area (Å²) >= 11 is 0. The van der Waals surface area contributed by atoms with Crippen LogP contribution in [0.2, 0.25) is 0 Å². The number of rotatable bonds is 5. The van der Waals surface area contributed by atoms with E-state index in [1.807, 2.05) is 18.5 Å². The topological polar surface area (TPSA) is 62.0 Å². The fourth-order valence-electron chi connectivity index (χ4n) is 4.94. The molecule has 168 valence electrons. The van der Waals surface area contributed by atoms with E-state index in [9.17, 15) is 8.78 Å². The minimum atomic E-state index is -0.711. The van der Waals surface area contributed by atoms with Crippen molar-refractivity contribution >= 4 is 5.95 Å². The molecule has 3 aromatic rings. The summed E-state index contributed by atoms with van der Waals surface area (Å²) in [4.78, 5) is 11.2. The molecule has 2 aliphatic rings. The van der Waals surface area contributed by atoms with Crippen molar-refractivity contribution in [2.75, 3.05) is 18.0 Å². The maximum atomic E-state index is 14.8. The van der Waals surface area contributed by atoms with Crippen molar-refractivity contribution in [1.29, 1.82) is 5.26 Å². The van der Waals surface area contributed by atoms with Crippen LogP contribution < -0.4 is 9.64 Å². The number of anilines is 1. The van der Waals surface area contributed by atoms with Crippen molar-refractivity contribution in [1.82, 2.24) is 9.97 Å². The van der Waals surface area contributed by atoms with Gasteiger partial charge >= 0.3 is 0 Å². The number of fused-ring (bicyclic) bond motifs is 1. The Kier molecular flexibility index (Phi) is 5.67. The lowest BCUT2D eigenvalue weighted by atomic mass is 10.0. The summed E-state index contributed by atoms with van der Waals surface area (Å²) in [7, 11) is 0. The zero-order valence-electron chi connectivity index (χ0n) is 18.3. The van der Waals surface area contributed by atoms with Gasteiger partial charge in [-0.3, -0.25) is 0 Å². The third kappa shape index (κ3) is 4.25. The summed E-state index contributed by atoms with van der Waals surface area (Å²) < 4.78 is 35.4. The van der Waals surface area contributed by atoms with Crippen LogP contribution in [0.5, 0.6) is 5.75 Å². The van der Waals surface area contributed by atoms with Gasteiger partial charge in [0.15, 0.2) is 17.4 Å². The van der Waals surface area contributed by atoms with Crippen LogP contribution in [-0.2, 0) is 6.42 Å². The summed E-state index contributed by atoms with van der Waals surface area (Å²) in [6, 6.07) is 11.2. The average Bonchev–Trinajstić information content (AvgIpc) is 3.40. The molecule has 2 heterocycles. The summed E-state index contributed by atoms with van der Waals surface area (Å²) in [6.45, 7) is 3.74. The van der Waals surface area contributed by atoms with Crippen LogP contribution in [0.1, 0.15) is 30.9 Å². The third-order valence-electron chi connectivity index (χ3n) is 6.72.